The average molecular weight is 466 g/mol. The van der Waals surface area contributed by atoms with Gasteiger partial charge in [0.05, 0.1) is 16.2 Å². The van der Waals surface area contributed by atoms with Gasteiger partial charge in [0.15, 0.2) is 6.10 Å². The van der Waals surface area contributed by atoms with Crippen molar-refractivity contribution in [2.75, 3.05) is 12.3 Å². The Morgan fingerprint density at radius 3 is 2.35 bits per heavy atom. The largest absolute Gasteiger partial charge is 0.449 e. The Morgan fingerprint density at radius 2 is 1.74 bits per heavy atom. The molecular weight excluding hydrogens is 442 g/mol. The molecule has 0 radical (unpaired) electrons. The molecule has 0 saturated carbocycles. The normalized spacial score (nSPS) is 12.1. The van der Waals surface area contributed by atoms with Gasteiger partial charge >= 0.3 is 5.97 Å². The number of nitrogens with two attached hydrogens (primary N) is 2. The number of primary amides is 1. The zero-order chi connectivity index (χ0) is 23.0. The van der Waals surface area contributed by atoms with Crippen molar-refractivity contribution >= 4 is 39.6 Å². The van der Waals surface area contributed by atoms with Crippen LogP contribution in [0, 0.1) is 0 Å². The quantitative estimate of drug-likeness (QED) is 0.346. The minimum atomic E-state index is -3.75. The Bertz CT molecular complexity index is 1050. The van der Waals surface area contributed by atoms with Gasteiger partial charge in [0, 0.05) is 11.4 Å². The second-order valence-corrected chi connectivity index (χ2v) is 9.11. The molecule has 0 spiro atoms. The van der Waals surface area contributed by atoms with Gasteiger partial charge in [0.1, 0.15) is 0 Å². The van der Waals surface area contributed by atoms with Crippen molar-refractivity contribution in [2.24, 2.45) is 10.9 Å². The standard InChI is InChI=1S/C20H23N3O6S2/c1-13(29-20(26)16-4-2-3-5-17(16)30-12-18(21)24)19(25)23-11-10-14-6-8-15(9-7-14)31(22,27)28/h2-9,13H,10-12H2,1H3,(H2,21,24)(H,23,25)(H2,22,27,28). The third-order valence-electron chi connectivity index (χ3n) is 4.09. The van der Waals surface area contributed by atoms with Crippen LogP contribution in [0.3, 0.4) is 0 Å². The van der Waals surface area contributed by atoms with E-state index in [1.165, 1.54) is 19.1 Å². The Morgan fingerprint density at radius 1 is 1.10 bits per heavy atom. The minimum absolute atomic E-state index is 0.00935. The summed E-state index contributed by atoms with van der Waals surface area (Å²) in [5.41, 5.74) is 6.18. The lowest BCUT2D eigenvalue weighted by Gasteiger charge is -2.15. The average Bonchev–Trinajstić information content (AvgIpc) is 2.72. The van der Waals surface area contributed by atoms with Gasteiger partial charge in [0.2, 0.25) is 15.9 Å². The highest BCUT2D eigenvalue weighted by Gasteiger charge is 2.21. The molecule has 5 N–H and O–H groups in total. The van der Waals surface area contributed by atoms with Gasteiger partial charge in [-0.3, -0.25) is 9.59 Å². The summed E-state index contributed by atoms with van der Waals surface area (Å²) in [6.07, 6.45) is -0.587. The van der Waals surface area contributed by atoms with Crippen LogP contribution < -0.4 is 16.2 Å². The molecular formula is C20H23N3O6S2. The Labute approximate surface area is 184 Å². The zero-order valence-electron chi connectivity index (χ0n) is 16.7. The van der Waals surface area contributed by atoms with Crippen LogP contribution in [-0.4, -0.2) is 44.6 Å². The Kier molecular flexibility index (Phi) is 8.60. The van der Waals surface area contributed by atoms with E-state index in [0.29, 0.717) is 11.3 Å². The van der Waals surface area contributed by atoms with E-state index in [-0.39, 0.29) is 22.8 Å². The van der Waals surface area contributed by atoms with Crippen molar-refractivity contribution in [2.45, 2.75) is 29.2 Å². The molecule has 2 aromatic carbocycles. The summed E-state index contributed by atoms with van der Waals surface area (Å²) in [6, 6.07) is 12.6. The molecule has 1 atom stereocenters. The first-order chi connectivity index (χ1) is 14.6. The maximum absolute atomic E-state index is 12.4. The minimum Gasteiger partial charge on any atom is -0.449 e. The Balaban J connectivity index is 1.87. The van der Waals surface area contributed by atoms with Crippen molar-refractivity contribution in [1.29, 1.82) is 0 Å². The maximum atomic E-state index is 12.4. The number of esters is 1. The van der Waals surface area contributed by atoms with E-state index in [2.05, 4.69) is 5.32 Å². The van der Waals surface area contributed by atoms with E-state index in [1.54, 1.807) is 36.4 Å². The van der Waals surface area contributed by atoms with Crippen LogP contribution in [0.15, 0.2) is 58.3 Å². The SMILES string of the molecule is CC(OC(=O)c1ccccc1SCC(N)=O)C(=O)NCCc1ccc(S(N)(=O)=O)cc1. The number of rotatable bonds is 10. The van der Waals surface area contributed by atoms with Crippen LogP contribution in [0.2, 0.25) is 0 Å². The molecule has 9 nitrogen and oxygen atoms in total. The molecule has 0 heterocycles. The van der Waals surface area contributed by atoms with Gasteiger partial charge in [-0.2, -0.15) is 0 Å². The fraction of sp³-hybridized carbons (Fsp3) is 0.250. The molecule has 0 aliphatic rings. The second-order valence-electron chi connectivity index (χ2n) is 6.53. The van der Waals surface area contributed by atoms with Crippen LogP contribution in [0.25, 0.3) is 0 Å². The number of primary sulfonamides is 1. The van der Waals surface area contributed by atoms with Gasteiger partial charge in [-0.05, 0) is 43.2 Å². The van der Waals surface area contributed by atoms with Crippen LogP contribution in [0.5, 0.6) is 0 Å². The summed E-state index contributed by atoms with van der Waals surface area (Å²) in [5.74, 6) is -1.66. The van der Waals surface area contributed by atoms with E-state index in [4.69, 9.17) is 15.6 Å². The topological polar surface area (TPSA) is 159 Å². The summed E-state index contributed by atoms with van der Waals surface area (Å²) in [5, 5.41) is 7.71. The summed E-state index contributed by atoms with van der Waals surface area (Å²) in [7, 11) is -3.75. The van der Waals surface area contributed by atoms with Gasteiger partial charge in [-0.15, -0.1) is 11.8 Å². The second kappa shape index (κ2) is 10.9. The molecule has 166 valence electrons. The van der Waals surface area contributed by atoms with Crippen LogP contribution in [0.4, 0.5) is 0 Å². The van der Waals surface area contributed by atoms with E-state index >= 15 is 0 Å². The van der Waals surface area contributed by atoms with Crippen molar-refractivity contribution in [3.05, 3.63) is 59.7 Å². The van der Waals surface area contributed by atoms with Crippen molar-refractivity contribution in [3.8, 4) is 0 Å². The number of thioether (sulfide) groups is 1. The van der Waals surface area contributed by atoms with E-state index in [1.807, 2.05) is 0 Å². The van der Waals surface area contributed by atoms with Crippen LogP contribution in [-0.2, 0) is 30.8 Å². The Hall–Kier alpha value is -2.89. The van der Waals surface area contributed by atoms with Crippen molar-refractivity contribution in [3.63, 3.8) is 0 Å². The van der Waals surface area contributed by atoms with Gasteiger partial charge < -0.3 is 15.8 Å². The predicted molar refractivity (Wildman–Crippen MR) is 116 cm³/mol. The lowest BCUT2D eigenvalue weighted by atomic mass is 10.1. The molecule has 2 amide bonds. The number of hydrogen-bond donors (Lipinski definition) is 3. The molecule has 31 heavy (non-hydrogen) atoms. The van der Waals surface area contributed by atoms with Gasteiger partial charge in [-0.25, -0.2) is 18.4 Å². The fourth-order valence-corrected chi connectivity index (χ4v) is 3.80. The third-order valence-corrected chi connectivity index (χ3v) is 6.12. The van der Waals surface area contributed by atoms with E-state index in [9.17, 15) is 22.8 Å². The molecule has 0 aliphatic carbocycles. The lowest BCUT2D eigenvalue weighted by Crippen LogP contribution is -2.37. The summed E-state index contributed by atoms with van der Waals surface area (Å²) in [4.78, 5) is 36.2. The summed E-state index contributed by atoms with van der Waals surface area (Å²) in [6.45, 7) is 1.72. The molecule has 0 aliphatic heterocycles. The molecule has 0 aromatic heterocycles. The van der Waals surface area contributed by atoms with E-state index < -0.39 is 33.9 Å². The first kappa shape index (κ1) is 24.4. The first-order valence-electron chi connectivity index (χ1n) is 9.18. The highest BCUT2D eigenvalue weighted by atomic mass is 32.2. The molecule has 11 heteroatoms. The number of nitrogens with one attached hydrogen (secondary N) is 1. The van der Waals surface area contributed by atoms with Crippen LogP contribution >= 0.6 is 11.8 Å². The maximum Gasteiger partial charge on any atom is 0.340 e. The number of sulfonamides is 1. The lowest BCUT2D eigenvalue weighted by molar-refractivity contribution is -0.129. The number of carbonyl (C=O) groups is 3. The summed E-state index contributed by atoms with van der Waals surface area (Å²) < 4.78 is 27.8. The molecule has 0 fully saturated rings. The molecule has 0 saturated heterocycles. The smallest absolute Gasteiger partial charge is 0.340 e. The van der Waals surface area contributed by atoms with Gasteiger partial charge in [-0.1, -0.05) is 24.3 Å². The number of ether oxygens (including phenoxy) is 1. The number of benzene rings is 2. The monoisotopic (exact) mass is 465 g/mol. The molecule has 2 aromatic rings. The van der Waals surface area contributed by atoms with Gasteiger partial charge in [0.25, 0.3) is 5.91 Å². The first-order valence-corrected chi connectivity index (χ1v) is 11.7. The molecule has 1 unspecified atom stereocenters. The number of hydrogen-bond acceptors (Lipinski definition) is 7. The summed E-state index contributed by atoms with van der Waals surface area (Å²) >= 11 is 1.11. The van der Waals surface area contributed by atoms with Crippen molar-refractivity contribution in [1.82, 2.24) is 5.32 Å². The highest BCUT2D eigenvalue weighted by molar-refractivity contribution is 8.00. The fourth-order valence-electron chi connectivity index (χ4n) is 2.51. The zero-order valence-corrected chi connectivity index (χ0v) is 18.4. The van der Waals surface area contributed by atoms with Crippen LogP contribution in [0.1, 0.15) is 22.8 Å². The number of carbonyl (C=O) groups excluding carboxylic acids is 3. The molecule has 2 rings (SSSR count). The highest BCUT2D eigenvalue weighted by Crippen LogP contribution is 2.23. The third kappa shape index (κ3) is 7.70. The number of amides is 2. The predicted octanol–water partition coefficient (Wildman–Crippen LogP) is 0.816. The van der Waals surface area contributed by atoms with Crippen molar-refractivity contribution < 1.29 is 27.5 Å². The van der Waals surface area contributed by atoms with E-state index in [0.717, 1.165) is 17.3 Å². The molecule has 0 bridgehead atoms.